The van der Waals surface area contributed by atoms with E-state index in [-0.39, 0.29) is 28.5 Å². The Hall–Kier alpha value is -4.28. The van der Waals surface area contributed by atoms with Gasteiger partial charge in [-0.1, -0.05) is 12.1 Å². The standard InChI is InChI=1S/C19H17N5O6/c1-11-5-4-6-15(7-11)30-16-9-13(8-14(10-16)23(26)27)20-19(25)18-17(24(28)29)12(2)21-22(18)3/h4-10H,1-3H3,(H,20,25). The van der Waals surface area contributed by atoms with Crippen LogP contribution in [0.2, 0.25) is 0 Å². The van der Waals surface area contributed by atoms with Gasteiger partial charge >= 0.3 is 5.69 Å². The van der Waals surface area contributed by atoms with Gasteiger partial charge in [0.2, 0.25) is 5.69 Å². The van der Waals surface area contributed by atoms with E-state index in [0.717, 1.165) is 16.3 Å². The van der Waals surface area contributed by atoms with Crippen LogP contribution >= 0.6 is 0 Å². The molecule has 30 heavy (non-hydrogen) atoms. The second-order valence-electron chi connectivity index (χ2n) is 6.51. The minimum atomic E-state index is -0.827. The Morgan fingerprint density at radius 2 is 1.80 bits per heavy atom. The van der Waals surface area contributed by atoms with Gasteiger partial charge in [0.25, 0.3) is 11.6 Å². The van der Waals surface area contributed by atoms with Crippen LogP contribution in [0.4, 0.5) is 17.1 Å². The predicted molar refractivity (Wildman–Crippen MR) is 107 cm³/mol. The average Bonchev–Trinajstić information content (AvgIpc) is 2.95. The van der Waals surface area contributed by atoms with Gasteiger partial charge in [0, 0.05) is 19.2 Å². The van der Waals surface area contributed by atoms with Crippen LogP contribution in [0.15, 0.2) is 42.5 Å². The molecular weight excluding hydrogens is 394 g/mol. The lowest BCUT2D eigenvalue weighted by Gasteiger charge is -2.10. The molecule has 11 heteroatoms. The molecule has 0 aliphatic heterocycles. The van der Waals surface area contributed by atoms with Crippen LogP contribution in [0, 0.1) is 34.1 Å². The number of hydrogen-bond donors (Lipinski definition) is 1. The van der Waals surface area contributed by atoms with E-state index >= 15 is 0 Å². The van der Waals surface area contributed by atoms with Gasteiger partial charge in [0.05, 0.1) is 21.6 Å². The lowest BCUT2D eigenvalue weighted by atomic mass is 10.2. The molecule has 3 aromatic rings. The van der Waals surface area contributed by atoms with Crippen LogP contribution in [0.5, 0.6) is 11.5 Å². The largest absolute Gasteiger partial charge is 0.457 e. The quantitative estimate of drug-likeness (QED) is 0.479. The number of nitrogens with one attached hydrogen (secondary N) is 1. The summed E-state index contributed by atoms with van der Waals surface area (Å²) in [5.74, 6) is -0.238. The van der Waals surface area contributed by atoms with Gasteiger partial charge < -0.3 is 10.1 Å². The second kappa shape index (κ2) is 7.99. The van der Waals surface area contributed by atoms with Crippen molar-refractivity contribution in [2.45, 2.75) is 13.8 Å². The van der Waals surface area contributed by atoms with E-state index in [4.69, 9.17) is 4.74 Å². The number of ether oxygens (including phenoxy) is 1. The van der Waals surface area contributed by atoms with Crippen molar-refractivity contribution in [1.82, 2.24) is 9.78 Å². The first-order chi connectivity index (χ1) is 14.2. The first kappa shape index (κ1) is 20.5. The highest BCUT2D eigenvalue weighted by atomic mass is 16.6. The summed E-state index contributed by atoms with van der Waals surface area (Å²) in [4.78, 5) is 34.0. The maximum atomic E-state index is 12.7. The van der Waals surface area contributed by atoms with Crippen LogP contribution < -0.4 is 10.1 Å². The van der Waals surface area contributed by atoms with Crippen molar-refractivity contribution in [1.29, 1.82) is 0 Å². The summed E-state index contributed by atoms with van der Waals surface area (Å²) in [7, 11) is 1.40. The van der Waals surface area contributed by atoms with Crippen LogP contribution in [0.1, 0.15) is 21.7 Å². The molecule has 1 heterocycles. The third-order valence-corrected chi connectivity index (χ3v) is 4.17. The van der Waals surface area contributed by atoms with Crippen LogP contribution in [0.3, 0.4) is 0 Å². The number of non-ortho nitro benzene ring substituents is 1. The van der Waals surface area contributed by atoms with Crippen LogP contribution in [-0.4, -0.2) is 25.5 Å². The van der Waals surface area contributed by atoms with Gasteiger partial charge in [-0.2, -0.15) is 5.10 Å². The SMILES string of the molecule is Cc1cccc(Oc2cc(NC(=O)c3c([N+](=O)[O-])c(C)nn3C)cc([N+](=O)[O-])c2)c1. The van der Waals surface area contributed by atoms with Gasteiger partial charge in [0.1, 0.15) is 17.2 Å². The fourth-order valence-corrected chi connectivity index (χ4v) is 2.95. The molecule has 0 saturated carbocycles. The number of anilines is 1. The summed E-state index contributed by atoms with van der Waals surface area (Å²) < 4.78 is 6.77. The normalized spacial score (nSPS) is 10.5. The Labute approximate surface area is 170 Å². The summed E-state index contributed by atoms with van der Waals surface area (Å²) >= 11 is 0. The molecule has 0 saturated heterocycles. The van der Waals surface area contributed by atoms with Gasteiger partial charge in [-0.05, 0) is 31.5 Å². The van der Waals surface area contributed by atoms with E-state index in [9.17, 15) is 25.0 Å². The minimum absolute atomic E-state index is 0.0463. The van der Waals surface area contributed by atoms with E-state index in [1.54, 1.807) is 18.2 Å². The van der Waals surface area contributed by atoms with Crippen molar-refractivity contribution in [3.05, 3.63) is 79.6 Å². The van der Waals surface area contributed by atoms with Crippen molar-refractivity contribution >= 4 is 23.0 Å². The fourth-order valence-electron chi connectivity index (χ4n) is 2.95. The second-order valence-corrected chi connectivity index (χ2v) is 6.51. The molecule has 0 aliphatic carbocycles. The number of amides is 1. The molecule has 0 bridgehead atoms. The zero-order chi connectivity index (χ0) is 22.0. The molecule has 1 amide bonds. The predicted octanol–water partition coefficient (Wildman–Crippen LogP) is 3.90. The summed E-state index contributed by atoms with van der Waals surface area (Å²) in [5.41, 5.74) is 0.0403. The van der Waals surface area contributed by atoms with Crippen molar-refractivity contribution in [2.24, 2.45) is 7.05 Å². The molecule has 0 atom stereocenters. The number of aromatic nitrogens is 2. The first-order valence-corrected chi connectivity index (χ1v) is 8.69. The molecule has 2 aromatic carbocycles. The van der Waals surface area contributed by atoms with E-state index in [1.807, 2.05) is 13.0 Å². The zero-order valence-corrected chi connectivity index (χ0v) is 16.3. The van der Waals surface area contributed by atoms with Crippen molar-refractivity contribution < 1.29 is 19.4 Å². The fraction of sp³-hybridized carbons (Fsp3) is 0.158. The monoisotopic (exact) mass is 411 g/mol. The number of aryl methyl sites for hydroxylation is 3. The molecule has 0 radical (unpaired) electrons. The van der Waals surface area contributed by atoms with E-state index < -0.39 is 21.4 Å². The van der Waals surface area contributed by atoms with Crippen molar-refractivity contribution in [3.63, 3.8) is 0 Å². The number of carbonyl (C=O) groups excluding carboxylic acids is 1. The van der Waals surface area contributed by atoms with Crippen molar-refractivity contribution in [3.8, 4) is 11.5 Å². The summed E-state index contributed by atoms with van der Waals surface area (Å²) in [6.45, 7) is 3.28. The molecule has 0 spiro atoms. The lowest BCUT2D eigenvalue weighted by Crippen LogP contribution is -2.17. The number of benzene rings is 2. The molecule has 0 aliphatic rings. The van der Waals surface area contributed by atoms with E-state index in [1.165, 1.54) is 26.1 Å². The van der Waals surface area contributed by atoms with E-state index in [2.05, 4.69) is 10.4 Å². The highest BCUT2D eigenvalue weighted by Gasteiger charge is 2.29. The van der Waals surface area contributed by atoms with E-state index in [0.29, 0.717) is 5.75 Å². The molecule has 3 rings (SSSR count). The van der Waals surface area contributed by atoms with Gasteiger partial charge in [-0.25, -0.2) is 0 Å². The molecule has 1 N–H and O–H groups in total. The average molecular weight is 411 g/mol. The van der Waals surface area contributed by atoms with Gasteiger partial charge in [-0.3, -0.25) is 29.7 Å². The third-order valence-electron chi connectivity index (χ3n) is 4.17. The van der Waals surface area contributed by atoms with Gasteiger partial charge in [-0.15, -0.1) is 0 Å². The topological polar surface area (TPSA) is 142 Å². The number of nitro benzene ring substituents is 1. The number of hydrogen-bond acceptors (Lipinski definition) is 7. The molecule has 1 aromatic heterocycles. The molecule has 11 nitrogen and oxygen atoms in total. The Morgan fingerprint density at radius 1 is 1.07 bits per heavy atom. The Morgan fingerprint density at radius 3 is 2.43 bits per heavy atom. The summed E-state index contributed by atoms with van der Waals surface area (Å²) in [5, 5.41) is 29.0. The number of nitro groups is 2. The zero-order valence-electron chi connectivity index (χ0n) is 16.3. The maximum Gasteiger partial charge on any atom is 0.322 e. The first-order valence-electron chi connectivity index (χ1n) is 8.69. The van der Waals surface area contributed by atoms with Gasteiger partial charge in [0.15, 0.2) is 0 Å². The molecule has 0 fully saturated rings. The molecular formula is C19H17N5O6. The van der Waals surface area contributed by atoms with Crippen LogP contribution in [-0.2, 0) is 7.05 Å². The maximum absolute atomic E-state index is 12.7. The Balaban J connectivity index is 1.96. The Kier molecular flexibility index (Phi) is 5.45. The Bertz CT molecular complexity index is 1170. The lowest BCUT2D eigenvalue weighted by molar-refractivity contribution is -0.385. The smallest absolute Gasteiger partial charge is 0.322 e. The summed E-state index contributed by atoms with van der Waals surface area (Å²) in [6.07, 6.45) is 0. The highest BCUT2D eigenvalue weighted by molar-refractivity contribution is 6.06. The van der Waals surface area contributed by atoms with Crippen molar-refractivity contribution in [2.75, 3.05) is 5.32 Å². The van der Waals surface area contributed by atoms with Crippen LogP contribution in [0.25, 0.3) is 0 Å². The molecule has 154 valence electrons. The minimum Gasteiger partial charge on any atom is -0.457 e. The third kappa shape index (κ3) is 4.24. The molecule has 0 unspecified atom stereocenters. The summed E-state index contributed by atoms with van der Waals surface area (Å²) in [6, 6.07) is 10.8. The number of nitrogens with zero attached hydrogens (tertiary/aromatic N) is 4. The number of carbonyl (C=O) groups is 1. The highest BCUT2D eigenvalue weighted by Crippen LogP contribution is 2.31. The number of rotatable bonds is 6.